The van der Waals surface area contributed by atoms with Crippen molar-refractivity contribution in [3.05, 3.63) is 34.4 Å². The normalized spacial score (nSPS) is 23.9. The van der Waals surface area contributed by atoms with Crippen LogP contribution in [0.5, 0.6) is 0 Å². The van der Waals surface area contributed by atoms with E-state index in [0.29, 0.717) is 18.8 Å². The van der Waals surface area contributed by atoms with Gasteiger partial charge in [0.25, 0.3) is 5.69 Å². The fourth-order valence-corrected chi connectivity index (χ4v) is 5.72. The summed E-state index contributed by atoms with van der Waals surface area (Å²) < 4.78 is 5.64. The van der Waals surface area contributed by atoms with Gasteiger partial charge in [-0.15, -0.1) is 11.8 Å². The molecule has 3 saturated heterocycles. The number of rotatable bonds is 4. The maximum atomic E-state index is 13.3. The highest BCUT2D eigenvalue weighted by Gasteiger charge is 2.45. The van der Waals surface area contributed by atoms with Gasteiger partial charge in [-0.3, -0.25) is 24.7 Å². The van der Waals surface area contributed by atoms with Gasteiger partial charge in [-0.1, -0.05) is 0 Å². The molecule has 3 fully saturated rings. The van der Waals surface area contributed by atoms with Crippen molar-refractivity contribution in [2.45, 2.75) is 44.9 Å². The molecule has 3 aliphatic rings. The first kappa shape index (κ1) is 24.6. The first-order valence-electron chi connectivity index (χ1n) is 11.7. The van der Waals surface area contributed by atoms with Crippen LogP contribution in [0.2, 0.25) is 0 Å². The summed E-state index contributed by atoms with van der Waals surface area (Å²) in [6, 6.07) is 6.24. The van der Waals surface area contributed by atoms with Crippen LogP contribution in [0, 0.1) is 10.1 Å². The Kier molecular flexibility index (Phi) is 7.22. The van der Waals surface area contributed by atoms with Gasteiger partial charge in [-0.2, -0.15) is 0 Å². The number of amides is 2. The lowest BCUT2D eigenvalue weighted by Crippen LogP contribution is -2.51. The summed E-state index contributed by atoms with van der Waals surface area (Å²) in [6.07, 6.45) is 0.182. The molecule has 0 bridgehead atoms. The number of hydrogen-bond acceptors (Lipinski definition) is 8. The third-order valence-electron chi connectivity index (χ3n) is 6.51. The van der Waals surface area contributed by atoms with Crippen molar-refractivity contribution in [1.29, 1.82) is 0 Å². The van der Waals surface area contributed by atoms with Crippen LogP contribution in [0.4, 0.5) is 16.2 Å². The fraction of sp³-hybridized carbons (Fsp3) is 0.652. The molecule has 2 atom stereocenters. The molecule has 10 nitrogen and oxygen atoms in total. The number of non-ortho nitro benzene ring substituents is 1. The molecule has 0 spiro atoms. The molecule has 1 aromatic rings. The Hall–Kier alpha value is -2.53. The Morgan fingerprint density at radius 2 is 1.76 bits per heavy atom. The van der Waals surface area contributed by atoms with E-state index in [1.807, 2.05) is 25.7 Å². The minimum Gasteiger partial charge on any atom is -0.444 e. The lowest BCUT2D eigenvalue weighted by atomic mass is 10.1. The summed E-state index contributed by atoms with van der Waals surface area (Å²) in [7, 11) is 0. The molecule has 3 aliphatic heterocycles. The molecular weight excluding hydrogens is 458 g/mol. The molecule has 1 aromatic carbocycles. The second-order valence-corrected chi connectivity index (χ2v) is 11.0. The van der Waals surface area contributed by atoms with Gasteiger partial charge in [0.15, 0.2) is 0 Å². The number of likely N-dealkylation sites (tertiary alicyclic amines) is 1. The van der Waals surface area contributed by atoms with E-state index in [4.69, 9.17) is 4.74 Å². The van der Waals surface area contributed by atoms with Crippen molar-refractivity contribution in [2.24, 2.45) is 0 Å². The highest BCUT2D eigenvalue weighted by atomic mass is 32.2. The van der Waals surface area contributed by atoms with Gasteiger partial charge < -0.3 is 14.5 Å². The van der Waals surface area contributed by atoms with E-state index in [1.165, 1.54) is 12.1 Å². The minimum atomic E-state index is -0.622. The summed E-state index contributed by atoms with van der Waals surface area (Å²) in [4.78, 5) is 44.8. The molecule has 0 aliphatic carbocycles. The zero-order chi connectivity index (χ0) is 24.5. The van der Waals surface area contributed by atoms with Crippen LogP contribution in [0.1, 0.15) is 27.2 Å². The summed E-state index contributed by atoms with van der Waals surface area (Å²) in [5, 5.41) is 10.9. The highest BCUT2D eigenvalue weighted by Crippen LogP contribution is 2.29. The van der Waals surface area contributed by atoms with E-state index >= 15 is 0 Å². The summed E-state index contributed by atoms with van der Waals surface area (Å²) >= 11 is 1.74. The minimum absolute atomic E-state index is 0.0166. The predicted octanol–water partition coefficient (Wildman–Crippen LogP) is 2.63. The third kappa shape index (κ3) is 5.57. The third-order valence-corrected chi connectivity index (χ3v) is 7.48. The predicted molar refractivity (Wildman–Crippen MR) is 131 cm³/mol. The summed E-state index contributed by atoms with van der Waals surface area (Å²) in [5.41, 5.74) is 0.428. The number of benzene rings is 1. The molecule has 2 amide bonds. The number of anilines is 1. The van der Waals surface area contributed by atoms with E-state index in [2.05, 4.69) is 9.80 Å². The number of ether oxygens (including phenoxy) is 1. The summed E-state index contributed by atoms with van der Waals surface area (Å²) in [5.74, 6) is 1.62. The lowest BCUT2D eigenvalue weighted by molar-refractivity contribution is -0.384. The number of carbonyl (C=O) groups is 2. The Balaban J connectivity index is 1.41. The van der Waals surface area contributed by atoms with Crippen LogP contribution >= 0.6 is 11.8 Å². The van der Waals surface area contributed by atoms with Crippen molar-refractivity contribution in [1.82, 2.24) is 14.7 Å². The molecule has 0 saturated carbocycles. The van der Waals surface area contributed by atoms with Crippen molar-refractivity contribution >= 4 is 35.1 Å². The monoisotopic (exact) mass is 491 g/mol. The Labute approximate surface area is 204 Å². The number of nitro benzene ring substituents is 1. The number of nitrogens with zero attached hydrogens (tertiary/aromatic N) is 5. The smallest absolute Gasteiger partial charge is 0.411 e. The number of piperazine rings is 1. The van der Waals surface area contributed by atoms with Crippen LogP contribution in [-0.2, 0) is 9.53 Å². The Morgan fingerprint density at radius 1 is 1.09 bits per heavy atom. The van der Waals surface area contributed by atoms with E-state index in [0.717, 1.165) is 44.2 Å². The number of thioether (sulfide) groups is 1. The van der Waals surface area contributed by atoms with Gasteiger partial charge in [0, 0.05) is 68.9 Å². The molecule has 34 heavy (non-hydrogen) atoms. The van der Waals surface area contributed by atoms with Gasteiger partial charge >= 0.3 is 6.09 Å². The highest BCUT2D eigenvalue weighted by molar-refractivity contribution is 7.99. The largest absolute Gasteiger partial charge is 0.444 e. The van der Waals surface area contributed by atoms with Crippen molar-refractivity contribution in [3.8, 4) is 0 Å². The zero-order valence-corrected chi connectivity index (χ0v) is 20.8. The standard InChI is InChI=1S/C23H33N5O5S/c1-23(2,3)33-22(30)27-15-19(14-20(27)21(29)26-12-13-34-16-26)25-10-8-24(9-11-25)17-4-6-18(7-5-17)28(31)32/h4-7,19-20H,8-16H2,1-3H3/t19-,20-/m0/s1. The molecule has 0 aromatic heterocycles. The second kappa shape index (κ2) is 9.99. The average Bonchev–Trinajstić information content (AvgIpc) is 3.48. The molecule has 3 heterocycles. The van der Waals surface area contributed by atoms with Crippen LogP contribution in [0.3, 0.4) is 0 Å². The van der Waals surface area contributed by atoms with Crippen molar-refractivity contribution < 1.29 is 19.2 Å². The Morgan fingerprint density at radius 3 is 2.32 bits per heavy atom. The van der Waals surface area contributed by atoms with Crippen LogP contribution in [0.15, 0.2) is 24.3 Å². The van der Waals surface area contributed by atoms with Gasteiger partial charge in [-0.25, -0.2) is 4.79 Å². The van der Waals surface area contributed by atoms with Gasteiger partial charge in [0.1, 0.15) is 11.6 Å². The first-order valence-corrected chi connectivity index (χ1v) is 12.9. The molecular formula is C23H33N5O5S. The quantitative estimate of drug-likeness (QED) is 0.468. The topological polar surface area (TPSA) is 99.5 Å². The van der Waals surface area contributed by atoms with Crippen LogP contribution in [-0.4, -0.2) is 100 Å². The van der Waals surface area contributed by atoms with E-state index in [1.54, 1.807) is 28.8 Å². The summed E-state index contributed by atoms with van der Waals surface area (Å²) in [6.45, 7) is 9.86. The van der Waals surface area contributed by atoms with E-state index < -0.39 is 22.7 Å². The number of nitro groups is 1. The zero-order valence-electron chi connectivity index (χ0n) is 20.0. The molecule has 0 unspecified atom stereocenters. The fourth-order valence-electron chi connectivity index (χ4n) is 4.76. The SMILES string of the molecule is CC(C)(C)OC(=O)N1C[C@@H](N2CCN(c3ccc([N+](=O)[O-])cc3)CC2)C[C@H]1C(=O)N1CCSC1. The maximum absolute atomic E-state index is 13.3. The van der Waals surface area contributed by atoms with Crippen LogP contribution in [0.25, 0.3) is 0 Å². The maximum Gasteiger partial charge on any atom is 0.411 e. The van der Waals surface area contributed by atoms with Crippen molar-refractivity contribution in [2.75, 3.05) is 55.8 Å². The van der Waals surface area contributed by atoms with Gasteiger partial charge in [0.05, 0.1) is 10.8 Å². The molecule has 0 radical (unpaired) electrons. The average molecular weight is 492 g/mol. The second-order valence-electron chi connectivity index (χ2n) is 9.97. The Bertz CT molecular complexity index is 907. The van der Waals surface area contributed by atoms with Gasteiger partial charge in [0.2, 0.25) is 5.91 Å². The molecule has 4 rings (SSSR count). The van der Waals surface area contributed by atoms with E-state index in [9.17, 15) is 19.7 Å². The number of carbonyl (C=O) groups excluding carboxylic acids is 2. The molecule has 186 valence electrons. The molecule has 11 heteroatoms. The van der Waals surface area contributed by atoms with Crippen molar-refractivity contribution in [3.63, 3.8) is 0 Å². The lowest BCUT2D eigenvalue weighted by Gasteiger charge is -2.39. The first-order chi connectivity index (χ1) is 16.1. The molecule has 0 N–H and O–H groups in total. The van der Waals surface area contributed by atoms with E-state index in [-0.39, 0.29) is 17.6 Å². The van der Waals surface area contributed by atoms with Gasteiger partial charge in [-0.05, 0) is 39.3 Å². The number of hydrogen-bond donors (Lipinski definition) is 0. The van der Waals surface area contributed by atoms with Crippen LogP contribution < -0.4 is 4.90 Å².